The van der Waals surface area contributed by atoms with Gasteiger partial charge in [0.15, 0.2) is 0 Å². The van der Waals surface area contributed by atoms with Crippen LogP contribution in [0.5, 0.6) is 0 Å². The number of esters is 1. The molecule has 0 atom stereocenters. The smallest absolute Gasteiger partial charge is 0.448 e. The van der Waals surface area contributed by atoms with Crippen LogP contribution in [0.1, 0.15) is 4.11 Å². The van der Waals surface area contributed by atoms with Crippen molar-refractivity contribution in [1.29, 1.82) is 0 Å². The van der Waals surface area contributed by atoms with E-state index in [4.69, 9.17) is 4.11 Å². The Labute approximate surface area is 154 Å². The van der Waals surface area contributed by atoms with Crippen molar-refractivity contribution in [3.05, 3.63) is 48.5 Å². The summed E-state index contributed by atoms with van der Waals surface area (Å²) in [6, 6.07) is 14.1. The fourth-order valence-corrected chi connectivity index (χ4v) is 3.27. The predicted molar refractivity (Wildman–Crippen MR) is 91.7 cm³/mol. The summed E-state index contributed by atoms with van der Waals surface area (Å²) in [6.07, 6.45) is -7.07. The lowest BCUT2D eigenvalue weighted by atomic mass is 10.4. The highest BCUT2D eigenvalue weighted by Gasteiger charge is 2.40. The molecule has 2 rings (SSSR count). The molecule has 0 saturated carbocycles. The Kier molecular flexibility index (Phi) is 5.47. The van der Waals surface area contributed by atoms with Gasteiger partial charge in [-0.3, -0.25) is 0 Å². The first-order valence-corrected chi connectivity index (χ1v) is 9.08. The van der Waals surface area contributed by atoms with E-state index >= 15 is 0 Å². The van der Waals surface area contributed by atoms with Crippen LogP contribution in [0.25, 0.3) is 0 Å². The van der Waals surface area contributed by atoms with Gasteiger partial charge < -0.3 is 4.74 Å². The number of benzene rings is 2. The lowest BCUT2D eigenvalue weighted by Gasteiger charge is -2.07. The van der Waals surface area contributed by atoms with Crippen LogP contribution in [0.3, 0.4) is 0 Å². The van der Waals surface area contributed by atoms with Gasteiger partial charge in [-0.25, -0.2) is 4.79 Å². The molecule has 128 valence electrons. The number of carbonyl (C=O) groups excluding carboxylic acids is 1. The zero-order valence-corrected chi connectivity index (χ0v) is 14.5. The second-order valence-corrected chi connectivity index (χ2v) is 7.16. The molecular weight excluding hydrogens is 377 g/mol. The summed E-state index contributed by atoms with van der Waals surface area (Å²) in [5.74, 6) is -2.63. The zero-order valence-electron chi connectivity index (χ0n) is 15.0. The van der Waals surface area contributed by atoms with Gasteiger partial charge in [0.05, 0.1) is 0 Å². The largest absolute Gasteiger partial charge is 0.490 e. The van der Waals surface area contributed by atoms with E-state index in [0.717, 1.165) is 33.3 Å². The van der Waals surface area contributed by atoms with Crippen molar-refractivity contribution < 1.29 is 26.8 Å². The fraction of sp³-hybridized carbons (Fsp3) is 0.188. The van der Waals surface area contributed by atoms with Gasteiger partial charge in [-0.05, 0) is 54.7 Å². The summed E-state index contributed by atoms with van der Waals surface area (Å²) in [5, 5.41) is 0. The maximum atomic E-state index is 12.0. The number of hydrogen-bond donors (Lipinski definition) is 0. The van der Waals surface area contributed by atoms with Gasteiger partial charge in [0.2, 0.25) is 0 Å². The van der Waals surface area contributed by atoms with E-state index in [9.17, 15) is 18.0 Å². The minimum Gasteiger partial charge on any atom is -0.448 e. The van der Waals surface area contributed by atoms with Crippen molar-refractivity contribution in [2.75, 3.05) is 12.1 Å². The lowest BCUT2D eigenvalue weighted by molar-refractivity contribution is -0.197. The Balaban J connectivity index is 1.86. The standard InChI is InChI=1S/C16H13F3O2S3/c1-22-11-2-6-13(7-3-11)24-14-8-4-12(5-9-14)23-10-21-15(20)16(17,18)19/h2-9H,10H2,1H3/i1D3. The number of hydrogen-bond acceptors (Lipinski definition) is 5. The van der Waals surface area contributed by atoms with Gasteiger partial charge in [0.25, 0.3) is 0 Å². The van der Waals surface area contributed by atoms with Crippen LogP contribution < -0.4 is 0 Å². The summed E-state index contributed by atoms with van der Waals surface area (Å²) in [4.78, 5) is 13.8. The van der Waals surface area contributed by atoms with Crippen LogP contribution in [-0.2, 0) is 9.53 Å². The molecule has 2 aromatic rings. The summed E-state index contributed by atoms with van der Waals surface area (Å²) in [5.41, 5.74) is 0. The Bertz CT molecular complexity index is 764. The molecule has 0 unspecified atom stereocenters. The summed E-state index contributed by atoms with van der Waals surface area (Å²) in [7, 11) is 0. The third-order valence-corrected chi connectivity index (χ3v) is 5.01. The molecule has 0 bridgehead atoms. The molecule has 0 N–H and O–H groups in total. The van der Waals surface area contributed by atoms with Crippen LogP contribution in [0.15, 0.2) is 68.1 Å². The van der Waals surface area contributed by atoms with E-state index in [1.807, 2.05) is 12.1 Å². The number of halogens is 3. The highest BCUT2D eigenvalue weighted by atomic mass is 32.2. The third kappa shape index (κ3) is 5.99. The first-order valence-electron chi connectivity index (χ1n) is 7.97. The third-order valence-electron chi connectivity index (χ3n) is 2.65. The molecule has 0 heterocycles. The van der Waals surface area contributed by atoms with E-state index in [1.165, 1.54) is 11.8 Å². The van der Waals surface area contributed by atoms with Gasteiger partial charge in [-0.2, -0.15) is 13.2 Å². The van der Waals surface area contributed by atoms with E-state index in [1.54, 1.807) is 36.4 Å². The second kappa shape index (κ2) is 8.73. The quantitative estimate of drug-likeness (QED) is 0.356. The van der Waals surface area contributed by atoms with Crippen LogP contribution >= 0.6 is 35.3 Å². The molecule has 0 aliphatic carbocycles. The van der Waals surface area contributed by atoms with Crippen LogP contribution in [0.2, 0.25) is 0 Å². The van der Waals surface area contributed by atoms with Crippen LogP contribution in [0.4, 0.5) is 13.2 Å². The van der Waals surface area contributed by atoms with E-state index in [2.05, 4.69) is 4.74 Å². The molecule has 2 nitrogen and oxygen atoms in total. The minimum atomic E-state index is -4.99. The number of rotatable bonds is 6. The number of alkyl halides is 3. The van der Waals surface area contributed by atoms with Crippen molar-refractivity contribution in [2.24, 2.45) is 0 Å². The Hall–Kier alpha value is -1.25. The van der Waals surface area contributed by atoms with Crippen molar-refractivity contribution in [2.45, 2.75) is 25.8 Å². The zero-order chi connectivity index (χ0) is 20.1. The Morgan fingerprint density at radius 2 is 1.50 bits per heavy atom. The van der Waals surface area contributed by atoms with Crippen molar-refractivity contribution in [3.63, 3.8) is 0 Å². The van der Waals surface area contributed by atoms with Crippen molar-refractivity contribution in [3.8, 4) is 0 Å². The molecule has 0 aliphatic rings. The van der Waals surface area contributed by atoms with Gasteiger partial charge in [-0.15, -0.1) is 11.8 Å². The SMILES string of the molecule is [2H]C([2H])([2H])Sc1ccc(Sc2ccc(SCOC(=O)C(F)(F)F)cc2)cc1. The predicted octanol–water partition coefficient (Wildman–Crippen LogP) is 5.71. The molecule has 0 amide bonds. The first-order chi connectivity index (χ1) is 12.5. The second-order valence-electron chi connectivity index (χ2n) is 4.34. The lowest BCUT2D eigenvalue weighted by Crippen LogP contribution is -2.25. The molecule has 8 heteroatoms. The molecule has 24 heavy (non-hydrogen) atoms. The molecule has 0 spiro atoms. The number of thioether (sulfide) groups is 2. The van der Waals surface area contributed by atoms with Gasteiger partial charge in [0.1, 0.15) is 5.94 Å². The van der Waals surface area contributed by atoms with E-state index in [0.29, 0.717) is 9.79 Å². The van der Waals surface area contributed by atoms with Gasteiger partial charge >= 0.3 is 12.1 Å². The molecular formula is C16H13F3O2S3. The van der Waals surface area contributed by atoms with Crippen LogP contribution in [0, 0.1) is 0 Å². The highest BCUT2D eigenvalue weighted by Crippen LogP contribution is 2.31. The molecule has 0 fully saturated rings. The van der Waals surface area contributed by atoms with Gasteiger partial charge in [0, 0.05) is 23.7 Å². The summed E-state index contributed by atoms with van der Waals surface area (Å²) in [6.45, 7) is 0. The monoisotopic (exact) mass is 393 g/mol. The minimum absolute atomic E-state index is 0.423. The first kappa shape index (κ1) is 15.0. The maximum absolute atomic E-state index is 12.0. The summed E-state index contributed by atoms with van der Waals surface area (Å²) >= 11 is 3.25. The number of carbonyl (C=O) groups is 1. The van der Waals surface area contributed by atoms with Crippen molar-refractivity contribution >= 4 is 41.3 Å². The number of ether oxygens (including phenoxy) is 1. The topological polar surface area (TPSA) is 26.3 Å². The van der Waals surface area contributed by atoms with Gasteiger partial charge in [-0.1, -0.05) is 23.5 Å². The molecule has 0 saturated heterocycles. The highest BCUT2D eigenvalue weighted by molar-refractivity contribution is 7.99. The molecule has 0 radical (unpaired) electrons. The maximum Gasteiger partial charge on any atom is 0.490 e. The Morgan fingerprint density at radius 1 is 1.00 bits per heavy atom. The fourth-order valence-electron chi connectivity index (χ4n) is 1.55. The van der Waals surface area contributed by atoms with E-state index < -0.39 is 24.3 Å². The molecule has 0 aliphatic heterocycles. The Morgan fingerprint density at radius 3 is 2.00 bits per heavy atom. The average Bonchev–Trinajstić information content (AvgIpc) is 2.56. The van der Waals surface area contributed by atoms with E-state index in [-0.39, 0.29) is 0 Å². The average molecular weight is 393 g/mol. The van der Waals surface area contributed by atoms with Crippen LogP contribution in [-0.4, -0.2) is 24.3 Å². The molecule has 2 aromatic carbocycles. The van der Waals surface area contributed by atoms with Crippen molar-refractivity contribution in [1.82, 2.24) is 0 Å². The summed E-state index contributed by atoms with van der Waals surface area (Å²) < 4.78 is 61.9. The molecule has 0 aromatic heterocycles. The normalized spacial score (nSPS) is 13.7.